The fraction of sp³-hybridized carbons (Fsp3) is 0.200. The monoisotopic (exact) mass is 282 g/mol. The Balaban J connectivity index is 2.66. The lowest BCUT2D eigenvalue weighted by Crippen LogP contribution is -2.26. The quantitative estimate of drug-likeness (QED) is 0.935. The van der Waals surface area contributed by atoms with E-state index in [-0.39, 0.29) is 16.9 Å². The van der Waals surface area contributed by atoms with Gasteiger partial charge in [0.2, 0.25) is 0 Å². The second kappa shape index (κ2) is 5.17. The first kappa shape index (κ1) is 14.4. The predicted molar refractivity (Wildman–Crippen MR) is 68.0 cm³/mol. The smallest absolute Gasteiger partial charge is 0.133 e. The van der Waals surface area contributed by atoms with E-state index >= 15 is 0 Å². The summed E-state index contributed by atoms with van der Waals surface area (Å²) in [5.41, 5.74) is -2.43. The van der Waals surface area contributed by atoms with Crippen LogP contribution in [-0.2, 0) is 5.60 Å². The van der Waals surface area contributed by atoms with Crippen molar-refractivity contribution in [1.29, 1.82) is 0 Å². The van der Waals surface area contributed by atoms with Gasteiger partial charge in [-0.2, -0.15) is 0 Å². The van der Waals surface area contributed by atoms with E-state index in [1.165, 1.54) is 26.2 Å². The maximum absolute atomic E-state index is 14.0. The summed E-state index contributed by atoms with van der Waals surface area (Å²) in [6.07, 6.45) is 0. The molecule has 1 N–H and O–H groups in total. The van der Waals surface area contributed by atoms with Gasteiger partial charge in [0.25, 0.3) is 0 Å². The SMILES string of the molecule is COc1cccc(F)c1C(C)(O)c1ccc(F)cc1F. The third-order valence-electron chi connectivity index (χ3n) is 3.14. The zero-order chi connectivity index (χ0) is 14.9. The lowest BCUT2D eigenvalue weighted by Gasteiger charge is -2.27. The molecule has 1 unspecified atom stereocenters. The molecular formula is C15H13F3O2. The number of rotatable bonds is 3. The molecule has 0 bridgehead atoms. The van der Waals surface area contributed by atoms with Gasteiger partial charge in [0.1, 0.15) is 28.8 Å². The van der Waals surface area contributed by atoms with Crippen LogP contribution < -0.4 is 4.74 Å². The van der Waals surface area contributed by atoms with Crippen molar-refractivity contribution < 1.29 is 23.0 Å². The average molecular weight is 282 g/mol. The van der Waals surface area contributed by atoms with Crippen molar-refractivity contribution in [2.75, 3.05) is 7.11 Å². The van der Waals surface area contributed by atoms with Gasteiger partial charge in [0.05, 0.1) is 12.7 Å². The summed E-state index contributed by atoms with van der Waals surface area (Å²) in [5, 5.41) is 10.5. The molecule has 0 saturated carbocycles. The Morgan fingerprint density at radius 1 is 1.05 bits per heavy atom. The van der Waals surface area contributed by atoms with E-state index < -0.39 is 23.1 Å². The lowest BCUT2D eigenvalue weighted by atomic mass is 9.86. The maximum atomic E-state index is 14.0. The molecule has 2 rings (SSSR count). The standard InChI is InChI=1S/C15H13F3O2/c1-15(19,10-7-6-9(16)8-12(10)18)14-11(17)4-3-5-13(14)20-2/h3-8,19H,1-2H3. The Morgan fingerprint density at radius 3 is 2.35 bits per heavy atom. The minimum absolute atomic E-state index is 0.0822. The van der Waals surface area contributed by atoms with Crippen molar-refractivity contribution in [1.82, 2.24) is 0 Å². The highest BCUT2D eigenvalue weighted by atomic mass is 19.1. The largest absolute Gasteiger partial charge is 0.496 e. The number of halogens is 3. The van der Waals surface area contributed by atoms with Crippen molar-refractivity contribution in [3.8, 4) is 5.75 Å². The molecule has 0 heterocycles. The van der Waals surface area contributed by atoms with Crippen molar-refractivity contribution in [2.45, 2.75) is 12.5 Å². The fourth-order valence-corrected chi connectivity index (χ4v) is 2.17. The van der Waals surface area contributed by atoms with Gasteiger partial charge in [0.15, 0.2) is 0 Å². The fourth-order valence-electron chi connectivity index (χ4n) is 2.17. The van der Waals surface area contributed by atoms with Crippen molar-refractivity contribution in [3.63, 3.8) is 0 Å². The number of methoxy groups -OCH3 is 1. The van der Waals surface area contributed by atoms with E-state index in [1.54, 1.807) is 0 Å². The van der Waals surface area contributed by atoms with Crippen LogP contribution >= 0.6 is 0 Å². The first-order valence-corrected chi connectivity index (χ1v) is 5.88. The highest BCUT2D eigenvalue weighted by Gasteiger charge is 2.34. The van der Waals surface area contributed by atoms with Crippen LogP contribution in [0.5, 0.6) is 5.75 Å². The molecule has 0 radical (unpaired) electrons. The Kier molecular flexibility index (Phi) is 3.72. The summed E-state index contributed by atoms with van der Waals surface area (Å²) in [6.45, 7) is 1.23. The van der Waals surface area contributed by atoms with Crippen LogP contribution in [0.15, 0.2) is 36.4 Å². The topological polar surface area (TPSA) is 29.5 Å². The van der Waals surface area contributed by atoms with Gasteiger partial charge in [-0.1, -0.05) is 6.07 Å². The summed E-state index contributed by atoms with van der Waals surface area (Å²) in [4.78, 5) is 0. The minimum Gasteiger partial charge on any atom is -0.496 e. The zero-order valence-corrected chi connectivity index (χ0v) is 11.0. The molecule has 0 aliphatic carbocycles. The molecule has 2 nitrogen and oxygen atoms in total. The van der Waals surface area contributed by atoms with Gasteiger partial charge in [-0.15, -0.1) is 0 Å². The van der Waals surface area contributed by atoms with Crippen LogP contribution in [0.3, 0.4) is 0 Å². The molecule has 0 aliphatic heterocycles. The van der Waals surface area contributed by atoms with E-state index in [2.05, 4.69) is 0 Å². The molecule has 5 heteroatoms. The number of hydrogen-bond acceptors (Lipinski definition) is 2. The highest BCUT2D eigenvalue weighted by molar-refractivity contribution is 5.45. The van der Waals surface area contributed by atoms with Crippen molar-refractivity contribution in [2.24, 2.45) is 0 Å². The van der Waals surface area contributed by atoms with Crippen LogP contribution in [-0.4, -0.2) is 12.2 Å². The summed E-state index contributed by atoms with van der Waals surface area (Å²) >= 11 is 0. The molecule has 1 atom stereocenters. The van der Waals surface area contributed by atoms with E-state index in [0.717, 1.165) is 18.2 Å². The Morgan fingerprint density at radius 2 is 1.75 bits per heavy atom. The van der Waals surface area contributed by atoms with Crippen LogP contribution in [0, 0.1) is 17.5 Å². The molecule has 106 valence electrons. The van der Waals surface area contributed by atoms with E-state index in [1.807, 2.05) is 0 Å². The molecule has 2 aromatic carbocycles. The van der Waals surface area contributed by atoms with Crippen molar-refractivity contribution >= 4 is 0 Å². The van der Waals surface area contributed by atoms with E-state index in [9.17, 15) is 18.3 Å². The lowest BCUT2D eigenvalue weighted by molar-refractivity contribution is 0.0903. The van der Waals surface area contributed by atoms with E-state index in [4.69, 9.17) is 4.74 Å². The van der Waals surface area contributed by atoms with Gasteiger partial charge in [-0.3, -0.25) is 0 Å². The Bertz CT molecular complexity index is 639. The number of aliphatic hydroxyl groups is 1. The van der Waals surface area contributed by atoms with E-state index in [0.29, 0.717) is 6.07 Å². The molecule has 0 fully saturated rings. The first-order chi connectivity index (χ1) is 9.37. The molecule has 20 heavy (non-hydrogen) atoms. The molecule has 0 spiro atoms. The molecule has 0 amide bonds. The number of benzene rings is 2. The third kappa shape index (κ3) is 2.36. The molecule has 0 saturated heterocycles. The third-order valence-corrected chi connectivity index (χ3v) is 3.14. The Hall–Kier alpha value is -2.01. The van der Waals surface area contributed by atoms with Crippen LogP contribution in [0.2, 0.25) is 0 Å². The predicted octanol–water partition coefficient (Wildman–Crippen LogP) is 3.37. The minimum atomic E-state index is -1.99. The highest BCUT2D eigenvalue weighted by Crippen LogP contribution is 2.38. The van der Waals surface area contributed by atoms with Crippen LogP contribution in [0.4, 0.5) is 13.2 Å². The van der Waals surface area contributed by atoms with Gasteiger partial charge in [-0.05, 0) is 31.2 Å². The van der Waals surface area contributed by atoms with Crippen LogP contribution in [0.25, 0.3) is 0 Å². The van der Waals surface area contributed by atoms with Crippen molar-refractivity contribution in [3.05, 3.63) is 65.0 Å². The summed E-state index contributed by atoms with van der Waals surface area (Å²) < 4.78 is 45.8. The number of ether oxygens (including phenoxy) is 1. The average Bonchev–Trinajstić information content (AvgIpc) is 2.37. The normalized spacial score (nSPS) is 13.9. The molecule has 0 aromatic heterocycles. The summed E-state index contributed by atoms with van der Waals surface area (Å²) in [6, 6.07) is 6.71. The molecule has 0 aliphatic rings. The summed E-state index contributed by atoms with van der Waals surface area (Å²) in [7, 11) is 1.31. The summed E-state index contributed by atoms with van der Waals surface area (Å²) in [5.74, 6) is -2.39. The zero-order valence-electron chi connectivity index (χ0n) is 11.0. The molecular weight excluding hydrogens is 269 g/mol. The van der Waals surface area contributed by atoms with Gasteiger partial charge in [0, 0.05) is 11.6 Å². The first-order valence-electron chi connectivity index (χ1n) is 5.88. The second-order valence-corrected chi connectivity index (χ2v) is 4.51. The van der Waals surface area contributed by atoms with Crippen LogP contribution in [0.1, 0.15) is 18.1 Å². The number of hydrogen-bond donors (Lipinski definition) is 1. The maximum Gasteiger partial charge on any atom is 0.133 e. The molecule has 2 aromatic rings. The van der Waals surface area contributed by atoms with Gasteiger partial charge >= 0.3 is 0 Å². The van der Waals surface area contributed by atoms with Gasteiger partial charge in [-0.25, -0.2) is 13.2 Å². The van der Waals surface area contributed by atoms with Gasteiger partial charge < -0.3 is 9.84 Å². The second-order valence-electron chi connectivity index (χ2n) is 4.51. The Labute approximate surface area is 114 Å².